The predicted octanol–water partition coefficient (Wildman–Crippen LogP) is 2.09. The number of rotatable bonds is 5. The molecule has 3 rings (SSSR count). The fraction of sp³-hybridized carbons (Fsp3) is 0.400. The molecule has 0 radical (unpaired) electrons. The molecule has 0 aromatic carbocycles. The first kappa shape index (κ1) is 16.2. The number of hydrogen-bond donors (Lipinski definition) is 0. The Morgan fingerprint density at radius 2 is 2.04 bits per heavy atom. The van der Waals surface area contributed by atoms with Crippen LogP contribution in [0.5, 0.6) is 0 Å². The maximum Gasteiger partial charge on any atom is 0.287 e. The molecule has 0 aliphatic heterocycles. The first-order chi connectivity index (χ1) is 10.8. The molecule has 0 saturated carbocycles. The second-order valence-electron chi connectivity index (χ2n) is 5.89. The van der Waals surface area contributed by atoms with Crippen molar-refractivity contribution in [1.29, 1.82) is 0 Å². The van der Waals surface area contributed by atoms with Gasteiger partial charge in [0.15, 0.2) is 5.03 Å². The highest BCUT2D eigenvalue weighted by Gasteiger charge is 2.24. The molecule has 124 valence electrons. The zero-order chi connectivity index (χ0) is 16.8. The molecule has 3 aromatic heterocycles. The summed E-state index contributed by atoms with van der Waals surface area (Å²) in [5, 5.41) is 3.02. The monoisotopic (exact) mass is 352 g/mol. The van der Waals surface area contributed by atoms with E-state index >= 15 is 0 Å². The smallest absolute Gasteiger partial charge is 0.287 e. The molecule has 23 heavy (non-hydrogen) atoms. The van der Waals surface area contributed by atoms with Crippen molar-refractivity contribution < 1.29 is 8.42 Å². The van der Waals surface area contributed by atoms with Crippen molar-refractivity contribution >= 4 is 31.6 Å². The van der Waals surface area contributed by atoms with Crippen LogP contribution >= 0.6 is 11.3 Å². The Morgan fingerprint density at radius 1 is 1.30 bits per heavy atom. The maximum atomic E-state index is 12.9. The van der Waals surface area contributed by atoms with Gasteiger partial charge < -0.3 is 9.47 Å². The summed E-state index contributed by atoms with van der Waals surface area (Å²) in [7, 11) is 2.14. The Balaban J connectivity index is 2.10. The molecular weight excluding hydrogens is 332 g/mol. The van der Waals surface area contributed by atoms with E-state index in [2.05, 4.69) is 9.88 Å². The maximum absolute atomic E-state index is 12.9. The third-order valence-electron chi connectivity index (χ3n) is 3.90. The van der Waals surface area contributed by atoms with Gasteiger partial charge in [0.1, 0.15) is 10.7 Å². The van der Waals surface area contributed by atoms with Crippen molar-refractivity contribution in [3.63, 3.8) is 0 Å². The van der Waals surface area contributed by atoms with Gasteiger partial charge in [0, 0.05) is 31.4 Å². The Bertz CT molecular complexity index is 928. The molecular formula is C15H20N4O2S2. The van der Waals surface area contributed by atoms with Crippen molar-refractivity contribution in [2.75, 3.05) is 20.6 Å². The van der Waals surface area contributed by atoms with Crippen molar-refractivity contribution in [2.45, 2.75) is 18.4 Å². The topological polar surface area (TPSA) is 60.1 Å². The number of fused-ring (bicyclic) bond motifs is 1. The fourth-order valence-electron chi connectivity index (χ4n) is 2.46. The van der Waals surface area contributed by atoms with Crippen LogP contribution in [-0.2, 0) is 23.5 Å². The summed E-state index contributed by atoms with van der Waals surface area (Å²) < 4.78 is 29.0. The molecule has 0 aliphatic rings. The SMILES string of the molecule is Cc1nc(S(=O)(=O)n2cc(CCN(C)C)c3ccsc32)cn1C. The lowest BCUT2D eigenvalue weighted by molar-refractivity contribution is 0.414. The van der Waals surface area contributed by atoms with Crippen LogP contribution in [-0.4, -0.2) is 47.5 Å². The second-order valence-corrected chi connectivity index (χ2v) is 8.54. The van der Waals surface area contributed by atoms with Crippen molar-refractivity contribution in [3.05, 3.63) is 35.2 Å². The highest BCUT2D eigenvalue weighted by Crippen LogP contribution is 2.30. The van der Waals surface area contributed by atoms with E-state index in [9.17, 15) is 8.42 Å². The van der Waals surface area contributed by atoms with Crippen LogP contribution < -0.4 is 0 Å². The Labute approximate surface area is 140 Å². The van der Waals surface area contributed by atoms with Crippen LogP contribution in [0.15, 0.2) is 28.9 Å². The Hall–Kier alpha value is -1.64. The van der Waals surface area contributed by atoms with Crippen molar-refractivity contribution in [3.8, 4) is 0 Å². The van der Waals surface area contributed by atoms with E-state index in [0.29, 0.717) is 5.82 Å². The molecule has 0 spiro atoms. The van der Waals surface area contributed by atoms with Crippen LogP contribution in [0, 0.1) is 6.92 Å². The van der Waals surface area contributed by atoms with Crippen LogP contribution in [0.3, 0.4) is 0 Å². The molecule has 0 amide bonds. The van der Waals surface area contributed by atoms with Gasteiger partial charge in [-0.25, -0.2) is 8.96 Å². The number of nitrogens with zero attached hydrogens (tertiary/aromatic N) is 4. The number of thiophene rings is 1. The minimum Gasteiger partial charge on any atom is -0.337 e. The third kappa shape index (κ3) is 2.82. The van der Waals surface area contributed by atoms with E-state index in [0.717, 1.165) is 28.7 Å². The van der Waals surface area contributed by atoms with Gasteiger partial charge in [-0.05, 0) is 44.4 Å². The average molecular weight is 352 g/mol. The van der Waals surface area contributed by atoms with Crippen LogP contribution in [0.2, 0.25) is 0 Å². The normalized spacial score (nSPS) is 12.6. The van der Waals surface area contributed by atoms with Gasteiger partial charge in [0.05, 0.1) is 0 Å². The zero-order valence-corrected chi connectivity index (χ0v) is 15.3. The molecule has 8 heteroatoms. The molecule has 0 aliphatic carbocycles. The van der Waals surface area contributed by atoms with E-state index in [1.165, 1.54) is 15.3 Å². The third-order valence-corrected chi connectivity index (χ3v) is 6.46. The largest absolute Gasteiger partial charge is 0.337 e. The van der Waals surface area contributed by atoms with Crippen LogP contribution in [0.25, 0.3) is 10.2 Å². The molecule has 3 aromatic rings. The first-order valence-electron chi connectivity index (χ1n) is 7.28. The number of imidazole rings is 1. The lowest BCUT2D eigenvalue weighted by atomic mass is 10.2. The number of likely N-dealkylation sites (N-methyl/N-ethyl adjacent to an activating group) is 1. The summed E-state index contributed by atoms with van der Waals surface area (Å²) in [6.07, 6.45) is 4.11. The molecule has 6 nitrogen and oxygen atoms in total. The van der Waals surface area contributed by atoms with Gasteiger partial charge in [0.2, 0.25) is 0 Å². The summed E-state index contributed by atoms with van der Waals surface area (Å²) in [5.74, 6) is 0.672. The molecule has 0 unspecified atom stereocenters. The summed E-state index contributed by atoms with van der Waals surface area (Å²) in [4.78, 5) is 7.02. The first-order valence-corrected chi connectivity index (χ1v) is 9.60. The van der Waals surface area contributed by atoms with E-state index in [4.69, 9.17) is 0 Å². The van der Waals surface area contributed by atoms with E-state index in [1.807, 2.05) is 25.5 Å². The molecule has 0 atom stereocenters. The minimum absolute atomic E-state index is 0.0851. The van der Waals surface area contributed by atoms with E-state index < -0.39 is 10.0 Å². The van der Waals surface area contributed by atoms with Gasteiger partial charge in [-0.3, -0.25) is 0 Å². The van der Waals surface area contributed by atoms with Gasteiger partial charge in [-0.2, -0.15) is 8.42 Å². The Morgan fingerprint density at radius 3 is 2.65 bits per heavy atom. The minimum atomic E-state index is -3.67. The lowest BCUT2D eigenvalue weighted by Gasteiger charge is -2.07. The quantitative estimate of drug-likeness (QED) is 0.705. The van der Waals surface area contributed by atoms with E-state index in [-0.39, 0.29) is 5.03 Å². The fourth-order valence-corrected chi connectivity index (χ4v) is 5.02. The molecule has 0 bridgehead atoms. The average Bonchev–Trinajstić information content (AvgIpc) is 3.13. The van der Waals surface area contributed by atoms with E-state index in [1.54, 1.807) is 30.9 Å². The Kier molecular flexibility index (Phi) is 4.07. The standard InChI is InChI=1S/C15H20N4O2S2/c1-11-16-14(10-18(11)4)23(20,21)19-9-12(5-7-17(2)3)13-6-8-22-15(13)19/h6,8-10H,5,7H2,1-4H3. The zero-order valence-electron chi connectivity index (χ0n) is 13.6. The highest BCUT2D eigenvalue weighted by atomic mass is 32.2. The second kappa shape index (κ2) is 5.77. The molecule has 0 saturated heterocycles. The molecule has 0 N–H and O–H groups in total. The van der Waals surface area contributed by atoms with Crippen LogP contribution in [0.1, 0.15) is 11.4 Å². The van der Waals surface area contributed by atoms with Gasteiger partial charge in [-0.1, -0.05) is 0 Å². The van der Waals surface area contributed by atoms with Crippen molar-refractivity contribution in [1.82, 2.24) is 18.4 Å². The van der Waals surface area contributed by atoms with Gasteiger partial charge >= 0.3 is 0 Å². The van der Waals surface area contributed by atoms with Crippen LogP contribution in [0.4, 0.5) is 0 Å². The highest BCUT2D eigenvalue weighted by molar-refractivity contribution is 7.90. The van der Waals surface area contributed by atoms with Gasteiger partial charge in [0.25, 0.3) is 10.0 Å². The summed E-state index contributed by atoms with van der Waals surface area (Å²) >= 11 is 1.44. The van der Waals surface area contributed by atoms with Gasteiger partial charge in [-0.15, -0.1) is 11.3 Å². The molecule has 3 heterocycles. The summed E-state index contributed by atoms with van der Waals surface area (Å²) in [5.41, 5.74) is 1.05. The molecule has 0 fully saturated rings. The van der Waals surface area contributed by atoms with Crippen molar-refractivity contribution in [2.24, 2.45) is 7.05 Å². The number of hydrogen-bond acceptors (Lipinski definition) is 5. The number of aryl methyl sites for hydroxylation is 2. The predicted molar refractivity (Wildman–Crippen MR) is 92.6 cm³/mol. The summed E-state index contributed by atoms with van der Waals surface area (Å²) in [6, 6.07) is 1.99. The lowest BCUT2D eigenvalue weighted by Crippen LogP contribution is -2.15. The summed E-state index contributed by atoms with van der Waals surface area (Å²) in [6.45, 7) is 2.66. The number of aromatic nitrogens is 3.